The number of anilines is 1. The molecule has 0 saturated carbocycles. The fourth-order valence-corrected chi connectivity index (χ4v) is 2.65. The van der Waals surface area contributed by atoms with Gasteiger partial charge in [-0.05, 0) is 28.5 Å². The van der Waals surface area contributed by atoms with Gasteiger partial charge in [0, 0.05) is 11.1 Å². The SMILES string of the molecule is CC(C)(C)c1cc(C=NNc2cn[nH]c(=O)c2Cl)cc(C(C)(C)C)c1O. The number of benzene rings is 1. The molecule has 2 aromatic rings. The molecule has 0 aliphatic rings. The Morgan fingerprint density at radius 3 is 2.19 bits per heavy atom. The number of hydrogen-bond acceptors (Lipinski definition) is 5. The van der Waals surface area contributed by atoms with Crippen LogP contribution in [0.1, 0.15) is 58.2 Å². The summed E-state index contributed by atoms with van der Waals surface area (Å²) in [5.74, 6) is 0.317. The summed E-state index contributed by atoms with van der Waals surface area (Å²) in [7, 11) is 0. The van der Waals surface area contributed by atoms with Crippen LogP contribution in [-0.4, -0.2) is 21.5 Å². The van der Waals surface area contributed by atoms with Gasteiger partial charge in [-0.3, -0.25) is 10.2 Å². The Balaban J connectivity index is 2.43. The van der Waals surface area contributed by atoms with Gasteiger partial charge in [-0.1, -0.05) is 53.1 Å². The molecule has 1 aromatic heterocycles. The van der Waals surface area contributed by atoms with Gasteiger partial charge >= 0.3 is 0 Å². The second-order valence-electron chi connectivity index (χ2n) is 8.26. The number of halogens is 1. The van der Waals surface area contributed by atoms with Crippen molar-refractivity contribution in [2.75, 3.05) is 5.43 Å². The summed E-state index contributed by atoms with van der Waals surface area (Å²) in [6.45, 7) is 12.3. The van der Waals surface area contributed by atoms with Crippen LogP contribution in [-0.2, 0) is 10.8 Å². The number of aromatic hydroxyl groups is 1. The number of H-pyrrole nitrogens is 1. The van der Waals surface area contributed by atoms with E-state index in [0.717, 1.165) is 16.7 Å². The number of hydrogen-bond donors (Lipinski definition) is 3. The van der Waals surface area contributed by atoms with Gasteiger partial charge in [0.05, 0.1) is 12.4 Å². The Morgan fingerprint density at radius 1 is 1.15 bits per heavy atom. The molecule has 0 bridgehead atoms. The molecule has 0 amide bonds. The van der Waals surface area contributed by atoms with Crippen molar-refractivity contribution in [3.63, 3.8) is 0 Å². The van der Waals surface area contributed by atoms with Crippen LogP contribution in [0.4, 0.5) is 5.69 Å². The quantitative estimate of drug-likeness (QED) is 0.554. The largest absolute Gasteiger partial charge is 0.507 e. The molecule has 1 heterocycles. The normalized spacial score (nSPS) is 12.6. The minimum atomic E-state index is -0.485. The number of phenolic OH excluding ortho intramolecular Hbond substituents is 1. The van der Waals surface area contributed by atoms with E-state index in [-0.39, 0.29) is 15.9 Å². The molecule has 6 nitrogen and oxygen atoms in total. The van der Waals surface area contributed by atoms with Crippen LogP contribution in [0.25, 0.3) is 0 Å². The van der Waals surface area contributed by atoms with Crippen LogP contribution in [0, 0.1) is 0 Å². The third kappa shape index (κ3) is 4.43. The number of nitrogens with zero attached hydrogens (tertiary/aromatic N) is 2. The molecule has 0 spiro atoms. The Bertz CT molecular complexity index is 855. The molecule has 0 saturated heterocycles. The molecule has 1 aromatic carbocycles. The Morgan fingerprint density at radius 2 is 1.69 bits per heavy atom. The van der Waals surface area contributed by atoms with Crippen molar-refractivity contribution in [2.45, 2.75) is 52.4 Å². The first-order chi connectivity index (χ1) is 11.9. The molecule has 7 heteroatoms. The lowest BCUT2D eigenvalue weighted by Gasteiger charge is -2.27. The van der Waals surface area contributed by atoms with Crippen molar-refractivity contribution in [3.8, 4) is 5.75 Å². The standard InChI is InChI=1S/C19H25ClN4O2/c1-18(2,3)12-7-11(8-13(16(12)25)19(4,5)6)9-21-23-14-10-22-24-17(26)15(14)20/h7-10,25H,1-6H3,(H2,23,24,26). The van der Waals surface area contributed by atoms with Crippen molar-refractivity contribution in [1.29, 1.82) is 0 Å². The van der Waals surface area contributed by atoms with E-state index in [1.807, 2.05) is 12.1 Å². The number of rotatable bonds is 3. The minimum Gasteiger partial charge on any atom is -0.507 e. The van der Waals surface area contributed by atoms with Crippen molar-refractivity contribution >= 4 is 23.5 Å². The molecule has 0 atom stereocenters. The highest BCUT2D eigenvalue weighted by atomic mass is 35.5. The van der Waals surface area contributed by atoms with Crippen LogP contribution >= 0.6 is 11.6 Å². The van der Waals surface area contributed by atoms with E-state index < -0.39 is 5.56 Å². The van der Waals surface area contributed by atoms with Gasteiger partial charge in [-0.25, -0.2) is 5.10 Å². The molecule has 0 radical (unpaired) electrons. The molecule has 3 N–H and O–H groups in total. The summed E-state index contributed by atoms with van der Waals surface area (Å²) < 4.78 is 0. The van der Waals surface area contributed by atoms with Crippen molar-refractivity contribution in [1.82, 2.24) is 10.2 Å². The summed E-state index contributed by atoms with van der Waals surface area (Å²) in [5.41, 5.74) is 4.65. The predicted molar refractivity (Wildman–Crippen MR) is 107 cm³/mol. The van der Waals surface area contributed by atoms with E-state index in [9.17, 15) is 9.90 Å². The summed E-state index contributed by atoms with van der Waals surface area (Å²) in [5, 5.41) is 20.8. The molecule has 0 aliphatic heterocycles. The fraction of sp³-hybridized carbons (Fsp3) is 0.421. The van der Waals surface area contributed by atoms with Crippen LogP contribution in [0.2, 0.25) is 5.02 Å². The second-order valence-corrected chi connectivity index (χ2v) is 8.64. The maximum Gasteiger partial charge on any atom is 0.285 e. The summed E-state index contributed by atoms with van der Waals surface area (Å²) >= 11 is 5.91. The van der Waals surface area contributed by atoms with Crippen molar-refractivity contribution < 1.29 is 5.11 Å². The van der Waals surface area contributed by atoms with Gasteiger partial charge in [-0.15, -0.1) is 0 Å². The molecule has 2 rings (SSSR count). The third-order valence-corrected chi connectivity index (χ3v) is 4.32. The molecule has 0 fully saturated rings. The number of hydrazone groups is 1. The van der Waals surface area contributed by atoms with Crippen LogP contribution in [0.15, 0.2) is 28.2 Å². The highest BCUT2D eigenvalue weighted by molar-refractivity contribution is 6.32. The molecule has 26 heavy (non-hydrogen) atoms. The lowest BCUT2D eigenvalue weighted by atomic mass is 9.78. The van der Waals surface area contributed by atoms with Crippen LogP contribution < -0.4 is 11.0 Å². The maximum absolute atomic E-state index is 11.5. The van der Waals surface area contributed by atoms with Gasteiger partial charge in [0.2, 0.25) is 0 Å². The number of phenols is 1. The topological polar surface area (TPSA) is 90.4 Å². The lowest BCUT2D eigenvalue weighted by molar-refractivity contribution is 0.423. The highest BCUT2D eigenvalue weighted by Gasteiger charge is 2.26. The predicted octanol–water partition coefficient (Wildman–Crippen LogP) is 4.17. The van der Waals surface area contributed by atoms with Crippen molar-refractivity contribution in [2.24, 2.45) is 5.10 Å². The Labute approximate surface area is 158 Å². The summed E-state index contributed by atoms with van der Waals surface area (Å²) in [6.07, 6.45) is 3.01. The number of aromatic amines is 1. The molecular formula is C19H25ClN4O2. The Kier molecular flexibility index (Phi) is 5.47. The van der Waals surface area contributed by atoms with Crippen LogP contribution in [0.3, 0.4) is 0 Å². The zero-order valence-electron chi connectivity index (χ0n) is 15.9. The van der Waals surface area contributed by atoms with E-state index in [4.69, 9.17) is 11.6 Å². The molecule has 0 unspecified atom stereocenters. The van der Waals surface area contributed by atoms with E-state index in [0.29, 0.717) is 11.4 Å². The molecular weight excluding hydrogens is 352 g/mol. The average molecular weight is 377 g/mol. The summed E-state index contributed by atoms with van der Waals surface area (Å²) in [6, 6.07) is 3.82. The third-order valence-electron chi connectivity index (χ3n) is 3.94. The molecule has 140 valence electrons. The van der Waals surface area contributed by atoms with Gasteiger partial charge in [0.1, 0.15) is 16.5 Å². The average Bonchev–Trinajstić information content (AvgIpc) is 2.50. The maximum atomic E-state index is 11.5. The fourth-order valence-electron chi connectivity index (χ4n) is 2.51. The second kappa shape index (κ2) is 7.11. The lowest BCUT2D eigenvalue weighted by Crippen LogP contribution is -2.18. The van der Waals surface area contributed by atoms with Crippen LogP contribution in [0.5, 0.6) is 5.75 Å². The minimum absolute atomic E-state index is 0.00591. The first-order valence-electron chi connectivity index (χ1n) is 8.31. The van der Waals surface area contributed by atoms with E-state index in [2.05, 4.69) is 62.3 Å². The van der Waals surface area contributed by atoms with Gasteiger partial charge in [0.15, 0.2) is 0 Å². The Hall–Kier alpha value is -2.34. The zero-order valence-corrected chi connectivity index (χ0v) is 16.7. The first-order valence-corrected chi connectivity index (χ1v) is 8.69. The molecule has 0 aliphatic carbocycles. The van der Waals surface area contributed by atoms with Crippen molar-refractivity contribution in [3.05, 3.63) is 50.4 Å². The number of nitrogens with one attached hydrogen (secondary N) is 2. The smallest absolute Gasteiger partial charge is 0.285 e. The van der Waals surface area contributed by atoms with E-state index >= 15 is 0 Å². The van der Waals surface area contributed by atoms with Gasteiger partial charge in [-0.2, -0.15) is 10.2 Å². The number of aromatic nitrogens is 2. The summed E-state index contributed by atoms with van der Waals surface area (Å²) in [4.78, 5) is 11.5. The van der Waals surface area contributed by atoms with E-state index in [1.165, 1.54) is 6.20 Å². The van der Waals surface area contributed by atoms with E-state index in [1.54, 1.807) is 6.21 Å². The first kappa shape index (κ1) is 20.0. The zero-order chi connectivity index (χ0) is 19.7. The highest BCUT2D eigenvalue weighted by Crippen LogP contribution is 2.39. The van der Waals surface area contributed by atoms with Gasteiger partial charge in [0.25, 0.3) is 5.56 Å². The monoisotopic (exact) mass is 376 g/mol. The van der Waals surface area contributed by atoms with Gasteiger partial charge < -0.3 is 5.11 Å².